The number of rotatable bonds is 4. The molecule has 0 aliphatic heterocycles. The third kappa shape index (κ3) is 3.32. The Kier molecular flexibility index (Phi) is 4.79. The van der Waals surface area contributed by atoms with Crippen LogP contribution in [-0.2, 0) is 18.4 Å². The smallest absolute Gasteiger partial charge is 0.0859 e. The van der Waals surface area contributed by atoms with Crippen molar-refractivity contribution in [2.75, 3.05) is 0 Å². The van der Waals surface area contributed by atoms with E-state index in [1.54, 1.807) is 0 Å². The zero-order valence-electron chi connectivity index (χ0n) is 14.9. The van der Waals surface area contributed by atoms with Crippen molar-refractivity contribution in [1.82, 2.24) is 15.0 Å². The number of fused-ring (bicyclic) bond motifs is 1. The molecule has 0 fully saturated rings. The van der Waals surface area contributed by atoms with Gasteiger partial charge in [-0.15, -0.1) is 5.10 Å². The van der Waals surface area contributed by atoms with Crippen LogP contribution in [0.25, 0.3) is 0 Å². The number of nitrogens with zero attached hydrogens (tertiary/aromatic N) is 3. The fraction of sp³-hybridized carbons (Fsp3) is 0.889. The number of hydrogen-bond donors (Lipinski definition) is 0. The second-order valence-electron chi connectivity index (χ2n) is 8.03. The van der Waals surface area contributed by atoms with E-state index in [0.717, 1.165) is 25.2 Å². The first kappa shape index (κ1) is 16.5. The van der Waals surface area contributed by atoms with Crippen LogP contribution < -0.4 is 0 Å². The van der Waals surface area contributed by atoms with Gasteiger partial charge in [0.15, 0.2) is 0 Å². The summed E-state index contributed by atoms with van der Waals surface area (Å²) in [6.07, 6.45) is 8.48. The van der Waals surface area contributed by atoms with Gasteiger partial charge in [-0.2, -0.15) is 0 Å². The quantitative estimate of drug-likeness (QED) is 0.802. The Bertz CT molecular complexity index is 471. The van der Waals surface area contributed by atoms with Crippen LogP contribution >= 0.6 is 0 Å². The highest BCUT2D eigenvalue weighted by molar-refractivity contribution is 5.14. The molecule has 0 bridgehead atoms. The lowest BCUT2D eigenvalue weighted by Crippen LogP contribution is -2.30. The molecule has 0 radical (unpaired) electrons. The molecule has 0 saturated carbocycles. The molecule has 1 heterocycles. The first-order chi connectivity index (χ1) is 9.81. The van der Waals surface area contributed by atoms with Crippen LogP contribution in [0.3, 0.4) is 0 Å². The van der Waals surface area contributed by atoms with Crippen molar-refractivity contribution in [1.29, 1.82) is 0 Å². The van der Waals surface area contributed by atoms with Gasteiger partial charge in [-0.25, -0.2) is 4.68 Å². The van der Waals surface area contributed by atoms with E-state index in [4.69, 9.17) is 0 Å². The van der Waals surface area contributed by atoms with Crippen LogP contribution in [0.4, 0.5) is 0 Å². The second kappa shape index (κ2) is 6.10. The summed E-state index contributed by atoms with van der Waals surface area (Å²) in [6.45, 7) is 13.9. The summed E-state index contributed by atoms with van der Waals surface area (Å²) < 4.78 is 2.20. The Hall–Kier alpha value is -0.860. The van der Waals surface area contributed by atoms with Crippen molar-refractivity contribution in [2.24, 2.45) is 11.3 Å². The highest BCUT2D eigenvalue weighted by Crippen LogP contribution is 2.38. The van der Waals surface area contributed by atoms with Gasteiger partial charge >= 0.3 is 0 Å². The Labute approximate surface area is 130 Å². The molecule has 0 N–H and O–H groups in total. The van der Waals surface area contributed by atoms with Gasteiger partial charge in [-0.05, 0) is 63.7 Å². The van der Waals surface area contributed by atoms with E-state index in [-0.39, 0.29) is 5.54 Å². The molecular weight excluding hydrogens is 258 g/mol. The van der Waals surface area contributed by atoms with Gasteiger partial charge in [-0.1, -0.05) is 39.3 Å². The fourth-order valence-electron chi connectivity index (χ4n) is 3.45. The molecule has 1 aliphatic carbocycles. The van der Waals surface area contributed by atoms with E-state index < -0.39 is 0 Å². The summed E-state index contributed by atoms with van der Waals surface area (Å²) >= 11 is 0. The minimum absolute atomic E-state index is 0.0852. The minimum Gasteiger partial charge on any atom is -0.244 e. The highest BCUT2D eigenvalue weighted by Gasteiger charge is 2.31. The Balaban J connectivity index is 2.21. The molecule has 1 aromatic rings. The van der Waals surface area contributed by atoms with Gasteiger partial charge in [0.05, 0.1) is 16.9 Å². The Morgan fingerprint density at radius 1 is 1.05 bits per heavy atom. The molecule has 1 aliphatic rings. The average Bonchev–Trinajstić information content (AvgIpc) is 2.81. The van der Waals surface area contributed by atoms with Crippen molar-refractivity contribution in [3.63, 3.8) is 0 Å². The second-order valence-corrected chi connectivity index (χ2v) is 8.03. The van der Waals surface area contributed by atoms with Crippen LogP contribution in [0.15, 0.2) is 0 Å². The molecule has 1 aromatic heterocycles. The predicted octanol–water partition coefficient (Wildman–Crippen LogP) is 4.74. The third-order valence-corrected chi connectivity index (χ3v) is 5.99. The lowest BCUT2D eigenvalue weighted by atomic mass is 9.71. The maximum absolute atomic E-state index is 4.53. The molecule has 21 heavy (non-hydrogen) atoms. The van der Waals surface area contributed by atoms with Gasteiger partial charge in [-0.3, -0.25) is 0 Å². The standard InChI is InChI=1S/C18H33N3/c1-7-17(3,4)14-10-9-11-16-15(13-12-14)19-20-21(16)18(5,6)8-2/h14H,7-13H2,1-6H3. The molecule has 120 valence electrons. The van der Waals surface area contributed by atoms with E-state index in [2.05, 4.69) is 56.5 Å². The van der Waals surface area contributed by atoms with Crippen LogP contribution in [0.1, 0.15) is 85.0 Å². The number of aromatic nitrogens is 3. The maximum Gasteiger partial charge on any atom is 0.0859 e. The molecule has 3 heteroatoms. The zero-order valence-corrected chi connectivity index (χ0v) is 14.9. The lowest BCUT2D eigenvalue weighted by molar-refractivity contribution is 0.173. The van der Waals surface area contributed by atoms with Crippen LogP contribution in [0.2, 0.25) is 0 Å². The molecule has 0 aromatic carbocycles. The molecule has 0 saturated heterocycles. The molecule has 1 atom stereocenters. The maximum atomic E-state index is 4.53. The summed E-state index contributed by atoms with van der Waals surface area (Å²) in [5.41, 5.74) is 3.20. The van der Waals surface area contributed by atoms with Gasteiger partial charge in [0.1, 0.15) is 0 Å². The Morgan fingerprint density at radius 3 is 2.38 bits per heavy atom. The Morgan fingerprint density at radius 2 is 1.76 bits per heavy atom. The van der Waals surface area contributed by atoms with Crippen LogP contribution in [0, 0.1) is 11.3 Å². The van der Waals surface area contributed by atoms with Crippen molar-refractivity contribution in [3.05, 3.63) is 11.4 Å². The lowest BCUT2D eigenvalue weighted by Gasteiger charge is -2.35. The summed E-state index contributed by atoms with van der Waals surface area (Å²) in [4.78, 5) is 0. The summed E-state index contributed by atoms with van der Waals surface area (Å²) in [5.74, 6) is 0.819. The summed E-state index contributed by atoms with van der Waals surface area (Å²) in [7, 11) is 0. The summed E-state index contributed by atoms with van der Waals surface area (Å²) in [5, 5.41) is 9.03. The van der Waals surface area contributed by atoms with Crippen molar-refractivity contribution in [3.8, 4) is 0 Å². The molecule has 1 unspecified atom stereocenters. The fourth-order valence-corrected chi connectivity index (χ4v) is 3.45. The largest absolute Gasteiger partial charge is 0.244 e. The predicted molar refractivity (Wildman–Crippen MR) is 88.5 cm³/mol. The van der Waals surface area contributed by atoms with Gasteiger partial charge in [0, 0.05) is 0 Å². The van der Waals surface area contributed by atoms with Crippen molar-refractivity contribution in [2.45, 2.75) is 92.0 Å². The van der Waals surface area contributed by atoms with Crippen molar-refractivity contribution < 1.29 is 0 Å². The van der Waals surface area contributed by atoms with E-state index in [1.165, 1.54) is 37.1 Å². The first-order valence-electron chi connectivity index (χ1n) is 8.75. The molecule has 0 spiro atoms. The third-order valence-electron chi connectivity index (χ3n) is 5.99. The van der Waals surface area contributed by atoms with E-state index in [9.17, 15) is 0 Å². The van der Waals surface area contributed by atoms with Crippen LogP contribution in [0.5, 0.6) is 0 Å². The SMILES string of the molecule is CCC(C)(C)C1CCCc2c(nnn2C(C)(C)CC)CC1. The van der Waals surface area contributed by atoms with Crippen molar-refractivity contribution >= 4 is 0 Å². The van der Waals surface area contributed by atoms with Gasteiger partial charge in [0.2, 0.25) is 0 Å². The highest BCUT2D eigenvalue weighted by atomic mass is 15.5. The number of aryl methyl sites for hydroxylation is 1. The molecule has 0 amide bonds. The summed E-state index contributed by atoms with van der Waals surface area (Å²) in [6, 6.07) is 0. The molecular formula is C18H33N3. The zero-order chi connectivity index (χ0) is 15.7. The topological polar surface area (TPSA) is 30.7 Å². The molecule has 3 nitrogen and oxygen atoms in total. The van der Waals surface area contributed by atoms with E-state index in [1.807, 2.05) is 0 Å². The minimum atomic E-state index is 0.0852. The number of hydrogen-bond acceptors (Lipinski definition) is 2. The monoisotopic (exact) mass is 291 g/mol. The van der Waals surface area contributed by atoms with E-state index >= 15 is 0 Å². The average molecular weight is 291 g/mol. The normalized spacial score (nSPS) is 20.8. The van der Waals surface area contributed by atoms with Gasteiger partial charge in [0.25, 0.3) is 0 Å². The van der Waals surface area contributed by atoms with Gasteiger partial charge < -0.3 is 0 Å². The molecule has 2 rings (SSSR count). The first-order valence-corrected chi connectivity index (χ1v) is 8.75. The van der Waals surface area contributed by atoms with E-state index in [0.29, 0.717) is 5.41 Å². The van der Waals surface area contributed by atoms with Crippen LogP contribution in [-0.4, -0.2) is 15.0 Å².